The highest BCUT2D eigenvalue weighted by Gasteiger charge is 2.10. The van der Waals surface area contributed by atoms with Crippen molar-refractivity contribution < 1.29 is 9.53 Å². The van der Waals surface area contributed by atoms with Gasteiger partial charge in [0.05, 0.1) is 18.6 Å². The average molecular weight is 390 g/mol. The molecule has 0 aliphatic rings. The molecule has 0 radical (unpaired) electrons. The van der Waals surface area contributed by atoms with Crippen molar-refractivity contribution >= 4 is 41.2 Å². The molecule has 7 nitrogen and oxygen atoms in total. The van der Waals surface area contributed by atoms with Crippen LogP contribution in [0.25, 0.3) is 11.2 Å². The topological polar surface area (TPSA) is 91.9 Å². The molecule has 2 heterocycles. The van der Waals surface area contributed by atoms with Crippen molar-refractivity contribution in [1.29, 1.82) is 0 Å². The predicted molar refractivity (Wildman–Crippen MR) is 110 cm³/mol. The van der Waals surface area contributed by atoms with Crippen molar-refractivity contribution in [1.82, 2.24) is 15.0 Å². The number of nitrogens with zero attached hydrogens (tertiary/aromatic N) is 2. The minimum absolute atomic E-state index is 0. The first kappa shape index (κ1) is 20.5. The van der Waals surface area contributed by atoms with Gasteiger partial charge in [-0.15, -0.1) is 12.4 Å². The van der Waals surface area contributed by atoms with E-state index in [4.69, 9.17) is 4.74 Å². The van der Waals surface area contributed by atoms with E-state index in [9.17, 15) is 4.79 Å². The number of aromatic nitrogens is 3. The van der Waals surface area contributed by atoms with Crippen molar-refractivity contribution in [3.63, 3.8) is 0 Å². The van der Waals surface area contributed by atoms with Gasteiger partial charge in [0.15, 0.2) is 5.65 Å². The Bertz CT molecular complexity index is 854. The van der Waals surface area contributed by atoms with E-state index in [1.54, 1.807) is 19.3 Å². The molecule has 0 unspecified atom stereocenters. The van der Waals surface area contributed by atoms with E-state index in [1.165, 1.54) is 5.56 Å². The first-order chi connectivity index (χ1) is 12.8. The zero-order chi connectivity index (χ0) is 18.2. The van der Waals surface area contributed by atoms with Crippen molar-refractivity contribution in [2.45, 2.75) is 26.2 Å². The van der Waals surface area contributed by atoms with Crippen LogP contribution in [0.1, 0.15) is 25.3 Å². The summed E-state index contributed by atoms with van der Waals surface area (Å²) >= 11 is 0. The van der Waals surface area contributed by atoms with Gasteiger partial charge in [0.1, 0.15) is 11.3 Å². The fourth-order valence-corrected chi connectivity index (χ4v) is 2.72. The monoisotopic (exact) mass is 389 g/mol. The lowest BCUT2D eigenvalue weighted by Gasteiger charge is -2.10. The number of benzene rings is 1. The lowest BCUT2D eigenvalue weighted by molar-refractivity contribution is 0.168. The molecular formula is C19H24ClN5O2. The van der Waals surface area contributed by atoms with Crippen LogP contribution in [0.4, 0.5) is 16.3 Å². The highest BCUT2D eigenvalue weighted by molar-refractivity contribution is 5.91. The number of nitrogens with one attached hydrogen (secondary N) is 3. The molecule has 3 rings (SSSR count). The SMILES string of the molecule is CCOC(=O)Nc1cc(NCCCCc2ccccc2)c2[nH]cnc2n1.Cl. The first-order valence-corrected chi connectivity index (χ1v) is 8.82. The van der Waals surface area contributed by atoms with Crippen LogP contribution in [0.15, 0.2) is 42.7 Å². The minimum atomic E-state index is -0.524. The number of carbonyl (C=O) groups excluding carboxylic acids is 1. The second-order valence-corrected chi connectivity index (χ2v) is 5.87. The van der Waals surface area contributed by atoms with Crippen molar-refractivity contribution in [3.05, 3.63) is 48.3 Å². The van der Waals surface area contributed by atoms with E-state index in [1.807, 2.05) is 6.07 Å². The van der Waals surface area contributed by atoms with E-state index in [0.717, 1.165) is 37.0 Å². The Morgan fingerprint density at radius 3 is 2.81 bits per heavy atom. The Labute approximate surface area is 164 Å². The molecule has 8 heteroatoms. The zero-order valence-electron chi connectivity index (χ0n) is 15.2. The van der Waals surface area contributed by atoms with Crippen LogP contribution in [0.2, 0.25) is 0 Å². The summed E-state index contributed by atoms with van der Waals surface area (Å²) in [6.07, 6.45) is 4.26. The van der Waals surface area contributed by atoms with Crippen LogP contribution in [-0.2, 0) is 11.2 Å². The van der Waals surface area contributed by atoms with Crippen molar-refractivity contribution in [3.8, 4) is 0 Å². The number of carbonyl (C=O) groups is 1. The Morgan fingerprint density at radius 2 is 2.04 bits per heavy atom. The Hall–Kier alpha value is -2.80. The van der Waals surface area contributed by atoms with Crippen LogP contribution in [0, 0.1) is 0 Å². The number of hydrogen-bond donors (Lipinski definition) is 3. The number of ether oxygens (including phenoxy) is 1. The second-order valence-electron chi connectivity index (χ2n) is 5.87. The molecule has 144 valence electrons. The van der Waals surface area contributed by atoms with E-state index >= 15 is 0 Å². The molecule has 0 saturated carbocycles. The smallest absolute Gasteiger partial charge is 0.412 e. The molecular weight excluding hydrogens is 366 g/mol. The summed E-state index contributed by atoms with van der Waals surface area (Å²) in [6, 6.07) is 12.3. The summed E-state index contributed by atoms with van der Waals surface area (Å²) in [4.78, 5) is 23.2. The average Bonchev–Trinajstić information content (AvgIpc) is 3.11. The largest absolute Gasteiger partial charge is 0.450 e. The molecule has 0 aliphatic heterocycles. The molecule has 0 bridgehead atoms. The van der Waals surface area contributed by atoms with Crippen molar-refractivity contribution in [2.24, 2.45) is 0 Å². The van der Waals surface area contributed by atoms with E-state index in [0.29, 0.717) is 18.1 Å². The number of H-pyrrole nitrogens is 1. The van der Waals surface area contributed by atoms with Crippen LogP contribution in [0.3, 0.4) is 0 Å². The number of imidazole rings is 1. The summed E-state index contributed by atoms with van der Waals surface area (Å²) in [5.74, 6) is 0.412. The number of halogens is 1. The normalized spacial score (nSPS) is 10.3. The minimum Gasteiger partial charge on any atom is -0.450 e. The summed E-state index contributed by atoms with van der Waals surface area (Å²) in [5.41, 5.74) is 3.58. The lowest BCUT2D eigenvalue weighted by atomic mass is 10.1. The molecule has 3 N–H and O–H groups in total. The molecule has 0 aliphatic carbocycles. The number of amides is 1. The van der Waals surface area contributed by atoms with Gasteiger partial charge in [-0.1, -0.05) is 30.3 Å². The molecule has 0 fully saturated rings. The number of hydrogen-bond acceptors (Lipinski definition) is 5. The summed E-state index contributed by atoms with van der Waals surface area (Å²) in [7, 11) is 0. The third-order valence-electron chi connectivity index (χ3n) is 3.95. The first-order valence-electron chi connectivity index (χ1n) is 8.82. The maximum Gasteiger partial charge on any atom is 0.412 e. The Balaban J connectivity index is 0.00000261. The Morgan fingerprint density at radius 1 is 1.22 bits per heavy atom. The molecule has 0 atom stereocenters. The van der Waals surface area contributed by atoms with Gasteiger partial charge in [0.25, 0.3) is 0 Å². The third-order valence-corrected chi connectivity index (χ3v) is 3.95. The van der Waals surface area contributed by atoms with E-state index in [2.05, 4.69) is 49.9 Å². The van der Waals surface area contributed by atoms with E-state index in [-0.39, 0.29) is 12.4 Å². The van der Waals surface area contributed by atoms with Gasteiger partial charge in [0, 0.05) is 12.6 Å². The van der Waals surface area contributed by atoms with Gasteiger partial charge >= 0.3 is 6.09 Å². The fourth-order valence-electron chi connectivity index (χ4n) is 2.72. The number of aryl methyl sites for hydroxylation is 1. The number of aromatic amines is 1. The van der Waals surface area contributed by atoms with Gasteiger partial charge in [-0.3, -0.25) is 5.32 Å². The number of anilines is 2. The quantitative estimate of drug-likeness (QED) is 0.497. The number of rotatable bonds is 8. The van der Waals surface area contributed by atoms with Gasteiger partial charge in [-0.25, -0.2) is 14.8 Å². The van der Waals surface area contributed by atoms with Crippen molar-refractivity contribution in [2.75, 3.05) is 23.8 Å². The van der Waals surface area contributed by atoms with Crippen LogP contribution >= 0.6 is 12.4 Å². The van der Waals surface area contributed by atoms with Gasteiger partial charge in [-0.05, 0) is 31.7 Å². The lowest BCUT2D eigenvalue weighted by Crippen LogP contribution is -2.14. The van der Waals surface area contributed by atoms with E-state index < -0.39 is 6.09 Å². The number of pyridine rings is 1. The highest BCUT2D eigenvalue weighted by atomic mass is 35.5. The standard InChI is InChI=1S/C19H23N5O2.ClH/c1-2-26-19(25)24-16-12-15(17-18(23-16)22-13-21-17)20-11-7-6-10-14-8-4-3-5-9-14;/h3-5,8-9,12-13H,2,6-7,10-11H2,1H3,(H3,20,21,22,23,24,25);1H. The third kappa shape index (κ3) is 5.86. The summed E-state index contributed by atoms with van der Waals surface area (Å²) in [6.45, 7) is 2.89. The summed E-state index contributed by atoms with van der Waals surface area (Å²) in [5, 5.41) is 6.02. The number of unbranched alkanes of at least 4 members (excludes halogenated alkanes) is 1. The van der Waals surface area contributed by atoms with Gasteiger partial charge in [-0.2, -0.15) is 0 Å². The van der Waals surface area contributed by atoms with Crippen LogP contribution in [0.5, 0.6) is 0 Å². The molecule has 1 aromatic carbocycles. The van der Waals surface area contributed by atoms with Crippen LogP contribution < -0.4 is 10.6 Å². The van der Waals surface area contributed by atoms with Gasteiger partial charge in [0.2, 0.25) is 0 Å². The fraction of sp³-hybridized carbons (Fsp3) is 0.316. The maximum absolute atomic E-state index is 11.6. The highest BCUT2D eigenvalue weighted by Crippen LogP contribution is 2.23. The predicted octanol–water partition coefficient (Wildman–Crippen LogP) is 4.38. The molecule has 0 spiro atoms. The van der Waals surface area contributed by atoms with Crippen LogP contribution in [-0.4, -0.2) is 34.2 Å². The molecule has 0 saturated heterocycles. The Kier molecular flexibility index (Phi) is 7.88. The zero-order valence-corrected chi connectivity index (χ0v) is 16.0. The second kappa shape index (κ2) is 10.4. The molecule has 1 amide bonds. The number of fused-ring (bicyclic) bond motifs is 1. The molecule has 2 aromatic heterocycles. The maximum atomic E-state index is 11.6. The molecule has 27 heavy (non-hydrogen) atoms. The van der Waals surface area contributed by atoms with Gasteiger partial charge < -0.3 is 15.0 Å². The summed E-state index contributed by atoms with van der Waals surface area (Å²) < 4.78 is 4.90. The molecule has 3 aromatic rings.